The fraction of sp³-hybridized carbons (Fsp3) is 0.0435. The zero-order valence-electron chi connectivity index (χ0n) is 26.9. The van der Waals surface area contributed by atoms with E-state index in [0.717, 1.165) is 39.3 Å². The lowest BCUT2D eigenvalue weighted by Crippen LogP contribution is -2.33. The highest BCUT2D eigenvalue weighted by Crippen LogP contribution is 2.45. The maximum Gasteiger partial charge on any atom is 0.134 e. The molecule has 6 aromatic carbocycles. The third-order valence-corrected chi connectivity index (χ3v) is 9.64. The normalized spacial score (nSPS) is 16.7. The molecule has 49 heavy (non-hydrogen) atoms. The van der Waals surface area contributed by atoms with Gasteiger partial charge in [-0.1, -0.05) is 140 Å². The van der Waals surface area contributed by atoms with Crippen molar-refractivity contribution in [3.63, 3.8) is 0 Å². The maximum atomic E-state index is 5.41. The quantitative estimate of drug-likeness (QED) is 0.199. The summed E-state index contributed by atoms with van der Waals surface area (Å²) in [5, 5.41) is 6.21. The van der Waals surface area contributed by atoms with Crippen molar-refractivity contribution < 1.29 is 0 Å². The molecule has 2 aliphatic rings. The zero-order chi connectivity index (χ0) is 32.6. The highest BCUT2D eigenvalue weighted by atomic mass is 15.1. The van der Waals surface area contributed by atoms with Gasteiger partial charge >= 0.3 is 0 Å². The number of nitrogens with one attached hydrogen (secondary N) is 1. The number of benzene rings is 6. The summed E-state index contributed by atoms with van der Waals surface area (Å²) in [4.78, 5) is 10.2. The first-order valence-corrected chi connectivity index (χ1v) is 16.8. The van der Waals surface area contributed by atoms with Crippen LogP contribution in [0.5, 0.6) is 0 Å². The number of hydrogen-bond acceptors (Lipinski definition) is 3. The predicted molar refractivity (Wildman–Crippen MR) is 203 cm³/mol. The molecule has 3 nitrogen and oxygen atoms in total. The standard InChI is InChI=1S/C46H33N3/c1-4-14-31(15-5-1)35-29-41(32-16-6-2-7-17-32)42(30-35)36-26-37(43-22-12-13-25-47-43)28-38(27-36)46-48-44(34-19-8-3-9-20-34)40-24-23-33-18-10-11-21-39(33)45(40)49-46/h1-30,41,44H,(H,48,49)/t41-,44?/m0/s1. The number of rotatable bonds is 6. The Kier molecular flexibility index (Phi) is 7.29. The van der Waals surface area contributed by atoms with Crippen LogP contribution >= 0.6 is 0 Å². The molecule has 7 aromatic rings. The van der Waals surface area contributed by atoms with E-state index >= 15 is 0 Å². The Balaban J connectivity index is 1.25. The van der Waals surface area contributed by atoms with Crippen LogP contribution in [0, 0.1) is 0 Å². The van der Waals surface area contributed by atoms with E-state index in [4.69, 9.17) is 9.98 Å². The molecule has 0 amide bonds. The second-order valence-corrected chi connectivity index (χ2v) is 12.7. The van der Waals surface area contributed by atoms with E-state index in [1.54, 1.807) is 0 Å². The van der Waals surface area contributed by atoms with Crippen LogP contribution in [0.2, 0.25) is 0 Å². The Hall–Kier alpha value is -6.32. The lowest BCUT2D eigenvalue weighted by atomic mass is 9.87. The van der Waals surface area contributed by atoms with E-state index in [-0.39, 0.29) is 12.0 Å². The van der Waals surface area contributed by atoms with Gasteiger partial charge in [0.25, 0.3) is 0 Å². The topological polar surface area (TPSA) is 37.3 Å². The minimum absolute atomic E-state index is 0.0515. The molecule has 1 unspecified atom stereocenters. The van der Waals surface area contributed by atoms with Crippen LogP contribution in [0.15, 0.2) is 187 Å². The Morgan fingerprint density at radius 3 is 1.98 bits per heavy atom. The third-order valence-electron chi connectivity index (χ3n) is 9.64. The summed E-state index contributed by atoms with van der Waals surface area (Å²) < 4.78 is 0. The van der Waals surface area contributed by atoms with E-state index in [1.807, 2.05) is 12.3 Å². The molecule has 0 radical (unpaired) electrons. The summed E-state index contributed by atoms with van der Waals surface area (Å²) in [6.07, 6.45) is 6.62. The number of pyridine rings is 1. The highest BCUT2D eigenvalue weighted by Gasteiger charge is 2.28. The molecule has 232 valence electrons. The summed E-state index contributed by atoms with van der Waals surface area (Å²) in [5.41, 5.74) is 12.5. The van der Waals surface area contributed by atoms with Gasteiger partial charge in [-0.3, -0.25) is 4.98 Å². The number of aliphatic imine (C=N–C) groups is 1. The first-order valence-electron chi connectivity index (χ1n) is 16.8. The average molecular weight is 628 g/mol. The first-order chi connectivity index (χ1) is 24.3. The molecular weight excluding hydrogens is 595 g/mol. The van der Waals surface area contributed by atoms with E-state index in [0.29, 0.717) is 0 Å². The number of aromatic nitrogens is 1. The predicted octanol–water partition coefficient (Wildman–Crippen LogP) is 10.9. The zero-order valence-corrected chi connectivity index (χ0v) is 26.9. The largest absolute Gasteiger partial charge is 0.359 e. The summed E-state index contributed by atoms with van der Waals surface area (Å²) in [7, 11) is 0. The minimum atomic E-state index is -0.0515. The Morgan fingerprint density at radius 2 is 1.20 bits per heavy atom. The van der Waals surface area contributed by atoms with Gasteiger partial charge in [-0.05, 0) is 75.2 Å². The van der Waals surface area contributed by atoms with Crippen LogP contribution in [0.3, 0.4) is 0 Å². The molecule has 2 heterocycles. The van der Waals surface area contributed by atoms with Crippen LogP contribution in [-0.2, 0) is 0 Å². The van der Waals surface area contributed by atoms with Crippen molar-refractivity contribution in [2.24, 2.45) is 4.99 Å². The second-order valence-electron chi connectivity index (χ2n) is 12.7. The SMILES string of the molecule is C1=C(c2ccccc2)C=C(c2cc(C3=Nc4c(ccc5ccccc45)C(c4ccccc4)N3)cc(-c3ccccn3)c2)[C@@H]1c1ccccc1. The third kappa shape index (κ3) is 5.46. The number of hydrogen-bond donors (Lipinski definition) is 1. The van der Waals surface area contributed by atoms with Crippen LogP contribution in [-0.4, -0.2) is 10.8 Å². The van der Waals surface area contributed by atoms with Crippen molar-refractivity contribution in [1.29, 1.82) is 0 Å². The van der Waals surface area contributed by atoms with Crippen molar-refractivity contribution in [3.05, 3.63) is 216 Å². The van der Waals surface area contributed by atoms with Crippen molar-refractivity contribution in [1.82, 2.24) is 10.3 Å². The van der Waals surface area contributed by atoms with Gasteiger partial charge in [-0.25, -0.2) is 4.99 Å². The molecule has 0 spiro atoms. The van der Waals surface area contributed by atoms with Crippen molar-refractivity contribution >= 4 is 33.4 Å². The molecule has 3 heteroatoms. The van der Waals surface area contributed by atoms with Gasteiger partial charge in [-0.2, -0.15) is 0 Å². The van der Waals surface area contributed by atoms with E-state index in [9.17, 15) is 0 Å². The molecule has 1 N–H and O–H groups in total. The summed E-state index contributed by atoms with van der Waals surface area (Å²) >= 11 is 0. The Labute approximate surface area is 286 Å². The fourth-order valence-corrected chi connectivity index (χ4v) is 7.24. The summed E-state index contributed by atoms with van der Waals surface area (Å²) in [6.45, 7) is 0. The lowest BCUT2D eigenvalue weighted by molar-refractivity contribution is 0.751. The van der Waals surface area contributed by atoms with Crippen molar-refractivity contribution in [2.75, 3.05) is 0 Å². The monoisotopic (exact) mass is 627 g/mol. The molecule has 0 fully saturated rings. The Morgan fingerprint density at radius 1 is 0.531 bits per heavy atom. The molecule has 1 aliphatic heterocycles. The van der Waals surface area contributed by atoms with Gasteiger partial charge < -0.3 is 5.32 Å². The van der Waals surface area contributed by atoms with Crippen LogP contribution < -0.4 is 5.32 Å². The molecule has 2 atom stereocenters. The van der Waals surface area contributed by atoms with Gasteiger partial charge in [0.2, 0.25) is 0 Å². The fourth-order valence-electron chi connectivity index (χ4n) is 7.24. The molecule has 0 saturated carbocycles. The summed E-state index contributed by atoms with van der Waals surface area (Å²) in [5.74, 6) is 0.953. The van der Waals surface area contributed by atoms with Crippen LogP contribution in [0.4, 0.5) is 5.69 Å². The number of fused-ring (bicyclic) bond motifs is 3. The lowest BCUT2D eigenvalue weighted by Gasteiger charge is -2.29. The number of nitrogens with zero attached hydrogens (tertiary/aromatic N) is 2. The highest BCUT2D eigenvalue weighted by molar-refractivity contribution is 6.08. The maximum absolute atomic E-state index is 5.41. The van der Waals surface area contributed by atoms with Gasteiger partial charge in [-0.15, -0.1) is 0 Å². The van der Waals surface area contributed by atoms with Gasteiger partial charge in [0.05, 0.1) is 17.4 Å². The van der Waals surface area contributed by atoms with E-state index < -0.39 is 0 Å². The molecule has 0 bridgehead atoms. The summed E-state index contributed by atoms with van der Waals surface area (Å²) in [6, 6.07) is 58.0. The molecule has 0 saturated heterocycles. The minimum Gasteiger partial charge on any atom is -0.359 e. The second kappa shape index (κ2) is 12.4. The van der Waals surface area contributed by atoms with Gasteiger partial charge in [0.1, 0.15) is 5.84 Å². The van der Waals surface area contributed by atoms with Crippen LogP contribution in [0.25, 0.3) is 33.2 Å². The Bertz CT molecular complexity index is 2390. The van der Waals surface area contributed by atoms with Crippen molar-refractivity contribution in [3.8, 4) is 11.3 Å². The van der Waals surface area contributed by atoms with Crippen molar-refractivity contribution in [2.45, 2.75) is 12.0 Å². The molecule has 1 aromatic heterocycles. The van der Waals surface area contributed by atoms with Gasteiger partial charge in [0, 0.05) is 34.2 Å². The van der Waals surface area contributed by atoms with E-state index in [2.05, 4.69) is 175 Å². The molecule has 9 rings (SSSR count). The molecular formula is C46H33N3. The van der Waals surface area contributed by atoms with Crippen LogP contribution in [0.1, 0.15) is 45.3 Å². The first kappa shape index (κ1) is 28.9. The number of amidine groups is 1. The average Bonchev–Trinajstić information content (AvgIpc) is 3.65. The number of allylic oxidation sites excluding steroid dienone is 4. The van der Waals surface area contributed by atoms with E-state index in [1.165, 1.54) is 38.8 Å². The molecule has 1 aliphatic carbocycles. The van der Waals surface area contributed by atoms with Gasteiger partial charge in [0.15, 0.2) is 0 Å². The smallest absolute Gasteiger partial charge is 0.134 e.